The van der Waals surface area contributed by atoms with Gasteiger partial charge in [-0.3, -0.25) is 4.79 Å². The normalized spacial score (nSPS) is 15.0. The second-order valence-electron chi connectivity index (χ2n) is 6.14. The number of hydrogen-bond donors (Lipinski definition) is 2. The highest BCUT2D eigenvalue weighted by Crippen LogP contribution is 2.27. The van der Waals surface area contributed by atoms with Crippen molar-refractivity contribution in [2.24, 2.45) is 0 Å². The lowest BCUT2D eigenvalue weighted by Gasteiger charge is -2.34. The van der Waals surface area contributed by atoms with Crippen LogP contribution in [0.5, 0.6) is 5.75 Å². The summed E-state index contributed by atoms with van der Waals surface area (Å²) in [7, 11) is 1.69. The van der Waals surface area contributed by atoms with Gasteiger partial charge in [0.2, 0.25) is 0 Å². The lowest BCUT2D eigenvalue weighted by atomic mass is 10.2. The van der Waals surface area contributed by atoms with Gasteiger partial charge >= 0.3 is 0 Å². The van der Waals surface area contributed by atoms with Crippen LogP contribution in [0, 0.1) is 0 Å². The Kier molecular flexibility index (Phi) is 5.79. The fourth-order valence-electron chi connectivity index (χ4n) is 3.13. The minimum atomic E-state index is 0.0167. The lowest BCUT2D eigenvalue weighted by Crippen LogP contribution is -3.15. The number of benzene rings is 2. The Hall–Kier alpha value is -2.24. The molecule has 2 aromatic rings. The molecule has 0 atom stereocenters. The number of hydrogen-bond acceptors (Lipinski definition) is 3. The minimum Gasteiger partial charge on any atom is -0.495 e. The van der Waals surface area contributed by atoms with Crippen LogP contribution < -0.4 is 19.9 Å². The maximum absolute atomic E-state index is 12.2. The molecule has 3 rings (SSSR count). The number of ether oxygens (including phenoxy) is 1. The summed E-state index contributed by atoms with van der Waals surface area (Å²) >= 11 is 5.95. The van der Waals surface area contributed by atoms with Crippen molar-refractivity contribution in [1.82, 2.24) is 0 Å². The van der Waals surface area contributed by atoms with E-state index >= 15 is 0 Å². The number of piperazine rings is 1. The van der Waals surface area contributed by atoms with E-state index in [4.69, 9.17) is 16.3 Å². The summed E-state index contributed by atoms with van der Waals surface area (Å²) < 4.78 is 5.44. The highest BCUT2D eigenvalue weighted by Gasteiger charge is 2.23. The van der Waals surface area contributed by atoms with Gasteiger partial charge in [0.1, 0.15) is 5.75 Å². The fourth-order valence-corrected chi connectivity index (χ4v) is 3.32. The molecule has 1 heterocycles. The summed E-state index contributed by atoms with van der Waals surface area (Å²) in [6, 6.07) is 15.3. The summed E-state index contributed by atoms with van der Waals surface area (Å²) in [5, 5.41) is 3.53. The van der Waals surface area contributed by atoms with Gasteiger partial charge in [0.25, 0.3) is 5.91 Å². The Morgan fingerprint density at radius 2 is 1.96 bits per heavy atom. The van der Waals surface area contributed by atoms with Gasteiger partial charge in [-0.1, -0.05) is 29.8 Å². The fraction of sp³-hybridized carbons (Fsp3) is 0.316. The van der Waals surface area contributed by atoms with Gasteiger partial charge in [0.05, 0.1) is 39.0 Å². The molecule has 0 aromatic heterocycles. The number of methoxy groups -OCH3 is 1. The molecule has 2 N–H and O–H groups in total. The maximum atomic E-state index is 12.2. The average Bonchev–Trinajstić information content (AvgIpc) is 2.62. The van der Waals surface area contributed by atoms with Crippen molar-refractivity contribution >= 4 is 28.9 Å². The van der Waals surface area contributed by atoms with E-state index in [1.54, 1.807) is 19.2 Å². The lowest BCUT2D eigenvalue weighted by molar-refractivity contribution is -0.892. The predicted molar refractivity (Wildman–Crippen MR) is 101 cm³/mol. The van der Waals surface area contributed by atoms with Crippen LogP contribution in [0.3, 0.4) is 0 Å². The molecule has 2 aromatic carbocycles. The molecule has 6 heteroatoms. The zero-order chi connectivity index (χ0) is 17.6. The molecule has 1 aliphatic heterocycles. The molecule has 0 radical (unpaired) electrons. The standard InChI is InChI=1S/C19H22ClN3O2/c1-25-18-8-3-2-7-17(18)23-11-9-22(10-12-23)14-19(24)21-16-6-4-5-15(20)13-16/h2-8,13H,9-12,14H2,1H3,(H,21,24)/p+1. The maximum Gasteiger partial charge on any atom is 0.279 e. The molecule has 0 unspecified atom stereocenters. The summed E-state index contributed by atoms with van der Waals surface area (Å²) in [5.74, 6) is 0.910. The topological polar surface area (TPSA) is 46.0 Å². The molecule has 0 aliphatic carbocycles. The first-order valence-corrected chi connectivity index (χ1v) is 8.80. The van der Waals surface area contributed by atoms with Crippen molar-refractivity contribution in [3.8, 4) is 5.75 Å². The number of rotatable bonds is 5. The first kappa shape index (κ1) is 17.6. The molecular formula is C19H23ClN3O2+. The number of carbonyl (C=O) groups is 1. The summed E-state index contributed by atoms with van der Waals surface area (Å²) in [4.78, 5) is 15.8. The van der Waals surface area contributed by atoms with Gasteiger partial charge in [-0.15, -0.1) is 0 Å². The number of quaternary nitrogens is 1. The third-order valence-corrected chi connectivity index (χ3v) is 4.65. The number of anilines is 2. The van der Waals surface area contributed by atoms with Crippen LogP contribution in [0.1, 0.15) is 0 Å². The molecule has 132 valence electrons. The van der Waals surface area contributed by atoms with Crippen LogP contribution in [-0.4, -0.2) is 45.7 Å². The Morgan fingerprint density at radius 3 is 2.68 bits per heavy atom. The Labute approximate surface area is 153 Å². The zero-order valence-corrected chi connectivity index (χ0v) is 15.1. The third-order valence-electron chi connectivity index (χ3n) is 4.42. The molecule has 1 amide bonds. The van der Waals surface area contributed by atoms with Gasteiger partial charge < -0.3 is 19.9 Å². The minimum absolute atomic E-state index is 0.0167. The average molecular weight is 361 g/mol. The van der Waals surface area contributed by atoms with Crippen LogP contribution in [0.15, 0.2) is 48.5 Å². The molecule has 5 nitrogen and oxygen atoms in total. The first-order valence-electron chi connectivity index (χ1n) is 8.42. The van der Waals surface area contributed by atoms with E-state index in [9.17, 15) is 4.79 Å². The molecular weight excluding hydrogens is 338 g/mol. The summed E-state index contributed by atoms with van der Waals surface area (Å²) in [6.07, 6.45) is 0. The molecule has 1 aliphatic rings. The largest absolute Gasteiger partial charge is 0.495 e. The van der Waals surface area contributed by atoms with Crippen LogP contribution in [-0.2, 0) is 4.79 Å². The molecule has 0 spiro atoms. The quantitative estimate of drug-likeness (QED) is 0.853. The molecule has 0 saturated carbocycles. The summed E-state index contributed by atoms with van der Waals surface area (Å²) in [5.41, 5.74) is 1.86. The van der Waals surface area contributed by atoms with E-state index in [1.807, 2.05) is 30.3 Å². The smallest absolute Gasteiger partial charge is 0.279 e. The predicted octanol–water partition coefficient (Wildman–Crippen LogP) is 1.69. The van der Waals surface area contributed by atoms with E-state index in [-0.39, 0.29) is 5.91 Å². The van der Waals surface area contributed by atoms with E-state index in [0.717, 1.165) is 43.3 Å². The SMILES string of the molecule is COc1ccccc1N1CC[NH+](CC(=O)Nc2cccc(Cl)c2)CC1. The van der Waals surface area contributed by atoms with Crippen molar-refractivity contribution in [1.29, 1.82) is 0 Å². The van der Waals surface area contributed by atoms with Crippen LogP contribution >= 0.6 is 11.6 Å². The number of nitrogens with one attached hydrogen (secondary N) is 2. The van der Waals surface area contributed by atoms with Gasteiger partial charge in [-0.2, -0.15) is 0 Å². The highest BCUT2D eigenvalue weighted by atomic mass is 35.5. The van der Waals surface area contributed by atoms with Crippen molar-refractivity contribution in [2.45, 2.75) is 0 Å². The Morgan fingerprint density at radius 1 is 1.20 bits per heavy atom. The number of carbonyl (C=O) groups excluding carboxylic acids is 1. The van der Waals surface area contributed by atoms with E-state index in [1.165, 1.54) is 4.90 Å². The summed E-state index contributed by atoms with van der Waals surface area (Å²) in [6.45, 7) is 4.11. The Bertz CT molecular complexity index is 730. The van der Waals surface area contributed by atoms with Crippen molar-refractivity contribution in [2.75, 3.05) is 50.1 Å². The van der Waals surface area contributed by atoms with E-state index in [0.29, 0.717) is 11.6 Å². The second-order valence-corrected chi connectivity index (χ2v) is 6.58. The third kappa shape index (κ3) is 4.65. The number of nitrogens with zero attached hydrogens (tertiary/aromatic N) is 1. The van der Waals surface area contributed by atoms with E-state index < -0.39 is 0 Å². The van der Waals surface area contributed by atoms with Gasteiger partial charge in [0, 0.05) is 10.7 Å². The van der Waals surface area contributed by atoms with Crippen molar-refractivity contribution in [3.05, 3.63) is 53.6 Å². The Balaban J connectivity index is 1.51. The van der Waals surface area contributed by atoms with Crippen LogP contribution in [0.4, 0.5) is 11.4 Å². The monoisotopic (exact) mass is 360 g/mol. The van der Waals surface area contributed by atoms with E-state index in [2.05, 4.69) is 16.3 Å². The van der Waals surface area contributed by atoms with Gasteiger partial charge in [-0.05, 0) is 30.3 Å². The number of amides is 1. The molecule has 25 heavy (non-hydrogen) atoms. The van der Waals surface area contributed by atoms with Gasteiger partial charge in [-0.25, -0.2) is 0 Å². The number of para-hydroxylation sites is 2. The highest BCUT2D eigenvalue weighted by molar-refractivity contribution is 6.30. The van der Waals surface area contributed by atoms with Crippen LogP contribution in [0.2, 0.25) is 5.02 Å². The molecule has 0 bridgehead atoms. The molecule has 1 saturated heterocycles. The molecule has 1 fully saturated rings. The second kappa shape index (κ2) is 8.23. The zero-order valence-electron chi connectivity index (χ0n) is 14.3. The van der Waals surface area contributed by atoms with Crippen LogP contribution in [0.25, 0.3) is 0 Å². The van der Waals surface area contributed by atoms with Crippen molar-refractivity contribution < 1.29 is 14.4 Å². The van der Waals surface area contributed by atoms with Gasteiger partial charge in [0.15, 0.2) is 6.54 Å². The number of halogens is 1. The first-order chi connectivity index (χ1) is 12.2. The van der Waals surface area contributed by atoms with Crippen molar-refractivity contribution in [3.63, 3.8) is 0 Å².